The number of aromatic amines is 1. The van der Waals surface area contributed by atoms with Gasteiger partial charge in [-0.05, 0) is 67.6 Å². The SMILES string of the molecule is CCCOc1ccc([C@@H]2CN3C(=O)CN(CCc4ccccc4F)C(=O)[C@]3(C)c3[nH]c4ccccc4c32)cc1OCC. The highest BCUT2D eigenvalue weighted by Gasteiger charge is 2.56. The number of para-hydroxylation sites is 1. The number of carbonyl (C=O) groups excluding carboxylic acids is 2. The molecule has 0 unspecified atom stereocenters. The summed E-state index contributed by atoms with van der Waals surface area (Å²) in [6.45, 7) is 7.48. The molecule has 1 N–H and O–H groups in total. The Balaban J connectivity index is 1.42. The van der Waals surface area contributed by atoms with Crippen LogP contribution in [0.5, 0.6) is 11.5 Å². The molecule has 0 radical (unpaired) electrons. The predicted octanol–water partition coefficient (Wildman–Crippen LogP) is 5.77. The molecule has 2 amide bonds. The molecule has 3 aromatic carbocycles. The Hall–Kier alpha value is -4.33. The number of fused-ring (bicyclic) bond motifs is 5. The average molecular weight is 570 g/mol. The number of hydrogen-bond donors (Lipinski definition) is 1. The van der Waals surface area contributed by atoms with Crippen LogP contribution in [-0.2, 0) is 21.5 Å². The van der Waals surface area contributed by atoms with Crippen LogP contribution in [0.2, 0.25) is 0 Å². The third-order valence-electron chi connectivity index (χ3n) is 8.56. The van der Waals surface area contributed by atoms with E-state index in [1.807, 2.05) is 50.2 Å². The van der Waals surface area contributed by atoms with Crippen molar-refractivity contribution in [3.63, 3.8) is 0 Å². The maximum absolute atomic E-state index is 14.3. The molecule has 1 aromatic heterocycles. The van der Waals surface area contributed by atoms with Crippen molar-refractivity contribution in [1.29, 1.82) is 0 Å². The van der Waals surface area contributed by atoms with E-state index in [1.54, 1.807) is 28.0 Å². The molecule has 2 atom stereocenters. The van der Waals surface area contributed by atoms with Crippen LogP contribution in [0.15, 0.2) is 66.7 Å². The van der Waals surface area contributed by atoms with Crippen molar-refractivity contribution in [3.8, 4) is 11.5 Å². The van der Waals surface area contributed by atoms with Crippen LogP contribution in [0.1, 0.15) is 55.5 Å². The maximum atomic E-state index is 14.3. The van der Waals surface area contributed by atoms with Gasteiger partial charge < -0.3 is 24.3 Å². The van der Waals surface area contributed by atoms with Crippen molar-refractivity contribution < 1.29 is 23.5 Å². The maximum Gasteiger partial charge on any atom is 0.254 e. The van der Waals surface area contributed by atoms with Gasteiger partial charge in [-0.25, -0.2) is 4.39 Å². The van der Waals surface area contributed by atoms with E-state index in [1.165, 1.54) is 6.07 Å². The number of nitrogens with one attached hydrogen (secondary N) is 1. The summed E-state index contributed by atoms with van der Waals surface area (Å²) < 4.78 is 26.3. The average Bonchev–Trinajstić information content (AvgIpc) is 3.39. The molecule has 0 aliphatic carbocycles. The molecule has 6 rings (SSSR count). The minimum absolute atomic E-state index is 0.0425. The van der Waals surface area contributed by atoms with Gasteiger partial charge in [0.15, 0.2) is 17.0 Å². The molecule has 218 valence electrons. The van der Waals surface area contributed by atoms with Crippen molar-refractivity contribution in [2.24, 2.45) is 0 Å². The Morgan fingerprint density at radius 3 is 2.57 bits per heavy atom. The zero-order valence-corrected chi connectivity index (χ0v) is 24.3. The largest absolute Gasteiger partial charge is 0.490 e. The Morgan fingerprint density at radius 1 is 1.00 bits per heavy atom. The molecule has 1 saturated heterocycles. The second kappa shape index (κ2) is 11.2. The summed E-state index contributed by atoms with van der Waals surface area (Å²) in [5, 5.41) is 1.02. The fraction of sp³-hybridized carbons (Fsp3) is 0.353. The molecule has 3 heterocycles. The first-order valence-electron chi connectivity index (χ1n) is 14.7. The van der Waals surface area contributed by atoms with Crippen LogP contribution in [0.3, 0.4) is 0 Å². The van der Waals surface area contributed by atoms with Crippen molar-refractivity contribution in [1.82, 2.24) is 14.8 Å². The summed E-state index contributed by atoms with van der Waals surface area (Å²) in [5.41, 5.74) is 2.92. The first kappa shape index (κ1) is 27.8. The lowest BCUT2D eigenvalue weighted by Gasteiger charge is -2.51. The molecular weight excluding hydrogens is 533 g/mol. The Kier molecular flexibility index (Phi) is 7.39. The quantitative estimate of drug-likeness (QED) is 0.278. The number of aromatic nitrogens is 1. The lowest BCUT2D eigenvalue weighted by molar-refractivity contribution is -0.166. The second-order valence-corrected chi connectivity index (χ2v) is 11.1. The highest BCUT2D eigenvalue weighted by molar-refractivity contribution is 6.01. The van der Waals surface area contributed by atoms with Gasteiger partial charge in [-0.3, -0.25) is 9.59 Å². The Morgan fingerprint density at radius 2 is 1.79 bits per heavy atom. The lowest BCUT2D eigenvalue weighted by atomic mass is 9.76. The van der Waals surface area contributed by atoms with Crippen LogP contribution in [0.25, 0.3) is 10.9 Å². The number of nitrogens with zero attached hydrogens (tertiary/aromatic N) is 2. The van der Waals surface area contributed by atoms with Gasteiger partial charge in [0.2, 0.25) is 5.91 Å². The third-order valence-corrected chi connectivity index (χ3v) is 8.56. The molecule has 42 heavy (non-hydrogen) atoms. The number of H-pyrrole nitrogens is 1. The smallest absolute Gasteiger partial charge is 0.254 e. The number of rotatable bonds is 9. The Labute approximate surface area is 245 Å². The van der Waals surface area contributed by atoms with Crippen LogP contribution in [-0.4, -0.2) is 59.4 Å². The molecule has 4 aromatic rings. The zero-order chi connectivity index (χ0) is 29.4. The third kappa shape index (κ3) is 4.59. The fourth-order valence-corrected chi connectivity index (χ4v) is 6.45. The van der Waals surface area contributed by atoms with E-state index >= 15 is 0 Å². The number of benzene rings is 3. The summed E-state index contributed by atoms with van der Waals surface area (Å²) in [7, 11) is 0. The summed E-state index contributed by atoms with van der Waals surface area (Å²) >= 11 is 0. The number of piperazine rings is 1. The topological polar surface area (TPSA) is 74.9 Å². The van der Waals surface area contributed by atoms with Gasteiger partial charge in [0.25, 0.3) is 5.91 Å². The van der Waals surface area contributed by atoms with Crippen molar-refractivity contribution in [2.45, 2.75) is 45.1 Å². The number of hydrogen-bond acceptors (Lipinski definition) is 4. The molecule has 2 aliphatic heterocycles. The molecule has 8 heteroatoms. The molecular formula is C34H36FN3O4. The van der Waals surface area contributed by atoms with E-state index < -0.39 is 5.54 Å². The normalized spacial score (nSPS) is 20.0. The molecule has 0 bridgehead atoms. The zero-order valence-electron chi connectivity index (χ0n) is 24.3. The highest BCUT2D eigenvalue weighted by atomic mass is 19.1. The van der Waals surface area contributed by atoms with E-state index in [9.17, 15) is 14.0 Å². The van der Waals surface area contributed by atoms with E-state index in [-0.39, 0.29) is 36.6 Å². The summed E-state index contributed by atoms with van der Waals surface area (Å²) in [6.07, 6.45) is 1.21. The Bertz CT molecular complexity index is 1650. The van der Waals surface area contributed by atoms with Gasteiger partial charge in [0.05, 0.1) is 25.5 Å². The van der Waals surface area contributed by atoms with Crippen molar-refractivity contribution in [3.05, 3.63) is 94.9 Å². The molecule has 7 nitrogen and oxygen atoms in total. The minimum atomic E-state index is -1.22. The van der Waals surface area contributed by atoms with Gasteiger partial charge >= 0.3 is 0 Å². The predicted molar refractivity (Wildman–Crippen MR) is 159 cm³/mol. The van der Waals surface area contributed by atoms with E-state index in [4.69, 9.17) is 9.47 Å². The number of halogens is 1. The van der Waals surface area contributed by atoms with E-state index in [2.05, 4.69) is 18.0 Å². The monoisotopic (exact) mass is 569 g/mol. The number of ether oxygens (including phenoxy) is 2. The van der Waals surface area contributed by atoms with E-state index in [0.29, 0.717) is 43.2 Å². The molecule has 1 fully saturated rings. The van der Waals surface area contributed by atoms with Crippen molar-refractivity contribution >= 4 is 22.7 Å². The number of amides is 2. The van der Waals surface area contributed by atoms with Crippen LogP contribution < -0.4 is 9.47 Å². The van der Waals surface area contributed by atoms with Gasteiger partial charge in [-0.2, -0.15) is 0 Å². The van der Waals surface area contributed by atoms with Crippen molar-refractivity contribution in [2.75, 3.05) is 32.8 Å². The summed E-state index contributed by atoms with van der Waals surface area (Å²) in [6, 6.07) is 20.5. The van der Waals surface area contributed by atoms with E-state index in [0.717, 1.165) is 34.1 Å². The molecule has 2 aliphatic rings. The summed E-state index contributed by atoms with van der Waals surface area (Å²) in [5.74, 6) is 0.564. The first-order valence-corrected chi connectivity index (χ1v) is 14.7. The first-order chi connectivity index (χ1) is 20.4. The van der Waals surface area contributed by atoms with Gasteiger partial charge in [0, 0.05) is 29.9 Å². The second-order valence-electron chi connectivity index (χ2n) is 11.1. The lowest BCUT2D eigenvalue weighted by Crippen LogP contribution is -2.67. The minimum Gasteiger partial charge on any atom is -0.490 e. The molecule has 0 saturated carbocycles. The van der Waals surface area contributed by atoms with Gasteiger partial charge in [-0.15, -0.1) is 0 Å². The van der Waals surface area contributed by atoms with Crippen LogP contribution in [0, 0.1) is 5.82 Å². The number of carbonyl (C=O) groups is 2. The van der Waals surface area contributed by atoms with Gasteiger partial charge in [-0.1, -0.05) is 49.4 Å². The van der Waals surface area contributed by atoms with Gasteiger partial charge in [0.1, 0.15) is 5.82 Å². The summed E-state index contributed by atoms with van der Waals surface area (Å²) in [4.78, 5) is 34.9. The highest BCUT2D eigenvalue weighted by Crippen LogP contribution is 2.49. The standard InChI is InChI=1S/C34H36FN3O4/c1-4-18-42-28-15-14-23(19-29(28)41-5-2)25-20-38-30(39)21-37(17-16-22-10-6-8-12-26(22)35)33(40)34(38,3)32-31(25)24-11-7-9-13-27(24)36-32/h6-15,19,25,36H,4-5,16-18,20-21H2,1-3H3/t25-,34-/m0/s1. The molecule has 0 spiro atoms. The fourth-order valence-electron chi connectivity index (χ4n) is 6.45. The van der Waals surface area contributed by atoms with Crippen LogP contribution >= 0.6 is 0 Å². The van der Waals surface area contributed by atoms with Crippen LogP contribution in [0.4, 0.5) is 4.39 Å².